The second-order valence-corrected chi connectivity index (χ2v) is 4.79. The van der Waals surface area contributed by atoms with Crippen molar-refractivity contribution in [3.05, 3.63) is 64.2 Å². The highest BCUT2D eigenvalue weighted by Crippen LogP contribution is 2.31. The molecule has 3 rings (SSSR count). The van der Waals surface area contributed by atoms with Gasteiger partial charge in [0.05, 0.1) is 10.5 Å². The second-order valence-electron chi connectivity index (χ2n) is 4.79. The van der Waals surface area contributed by atoms with Gasteiger partial charge >= 0.3 is 6.18 Å². The van der Waals surface area contributed by atoms with Crippen LogP contribution in [0.15, 0.2) is 52.9 Å². The predicted molar refractivity (Wildman–Crippen MR) is 76.8 cm³/mol. The summed E-state index contributed by atoms with van der Waals surface area (Å²) in [4.78, 5) is 10.1. The first-order valence-electron chi connectivity index (χ1n) is 6.60. The van der Waals surface area contributed by atoms with Crippen molar-refractivity contribution in [2.75, 3.05) is 0 Å². The van der Waals surface area contributed by atoms with Crippen LogP contribution in [0.1, 0.15) is 5.56 Å². The lowest BCUT2D eigenvalue weighted by atomic mass is 10.1. The summed E-state index contributed by atoms with van der Waals surface area (Å²) in [5.74, 6) is 0.164. The molecule has 0 spiro atoms. The van der Waals surface area contributed by atoms with Crippen molar-refractivity contribution in [1.82, 2.24) is 10.2 Å². The molecule has 6 nitrogen and oxygen atoms in total. The highest BCUT2D eigenvalue weighted by Gasteiger charge is 2.30. The summed E-state index contributed by atoms with van der Waals surface area (Å²) in [6.07, 6.45) is -4.42. The van der Waals surface area contributed by atoms with Crippen molar-refractivity contribution in [1.29, 1.82) is 0 Å². The van der Waals surface area contributed by atoms with E-state index in [1.165, 1.54) is 36.4 Å². The SMILES string of the molecule is O=[N+]([O-])c1ccc(-c2nnc(-c3ccc(C(F)(F)F)cc3)o2)cc1. The highest BCUT2D eigenvalue weighted by atomic mass is 19.4. The van der Waals surface area contributed by atoms with Crippen LogP contribution in [0.2, 0.25) is 0 Å². The minimum Gasteiger partial charge on any atom is -0.416 e. The number of aromatic nitrogens is 2. The molecule has 0 saturated carbocycles. The molecule has 24 heavy (non-hydrogen) atoms. The van der Waals surface area contributed by atoms with Crippen molar-refractivity contribution in [2.45, 2.75) is 6.18 Å². The van der Waals surface area contributed by atoms with Crippen LogP contribution in [-0.4, -0.2) is 15.1 Å². The molecule has 2 aromatic carbocycles. The Labute approximate surface area is 132 Å². The largest absolute Gasteiger partial charge is 0.416 e. The molecule has 0 aliphatic carbocycles. The van der Waals surface area contributed by atoms with Crippen molar-refractivity contribution in [3.8, 4) is 22.9 Å². The van der Waals surface area contributed by atoms with Crippen LogP contribution in [0, 0.1) is 10.1 Å². The van der Waals surface area contributed by atoms with E-state index < -0.39 is 16.7 Å². The molecule has 0 fully saturated rings. The first-order chi connectivity index (χ1) is 11.3. The van der Waals surface area contributed by atoms with Crippen molar-refractivity contribution in [2.24, 2.45) is 0 Å². The van der Waals surface area contributed by atoms with Gasteiger partial charge in [-0.1, -0.05) is 0 Å². The van der Waals surface area contributed by atoms with Crippen molar-refractivity contribution in [3.63, 3.8) is 0 Å². The van der Waals surface area contributed by atoms with E-state index in [4.69, 9.17) is 4.42 Å². The fraction of sp³-hybridized carbons (Fsp3) is 0.0667. The fourth-order valence-corrected chi connectivity index (χ4v) is 1.98. The van der Waals surface area contributed by atoms with Crippen LogP contribution >= 0.6 is 0 Å². The molecule has 1 heterocycles. The Morgan fingerprint density at radius 2 is 1.33 bits per heavy atom. The van der Waals surface area contributed by atoms with Gasteiger partial charge in [0.25, 0.3) is 5.69 Å². The molecule has 9 heteroatoms. The molecular formula is C15H8F3N3O3. The van der Waals surface area contributed by atoms with Crippen molar-refractivity contribution < 1.29 is 22.5 Å². The lowest BCUT2D eigenvalue weighted by molar-refractivity contribution is -0.384. The van der Waals surface area contributed by atoms with Gasteiger partial charge in [0.2, 0.25) is 11.8 Å². The summed E-state index contributed by atoms with van der Waals surface area (Å²) >= 11 is 0. The fourth-order valence-electron chi connectivity index (χ4n) is 1.98. The van der Waals surface area contributed by atoms with Gasteiger partial charge in [-0.05, 0) is 36.4 Å². The molecule has 0 aliphatic heterocycles. The number of rotatable bonds is 3. The first-order valence-corrected chi connectivity index (χ1v) is 6.60. The van der Waals surface area contributed by atoms with Crippen LogP contribution in [0.5, 0.6) is 0 Å². The second kappa shape index (κ2) is 5.76. The number of nitrogens with zero attached hydrogens (tertiary/aromatic N) is 3. The third-order valence-electron chi connectivity index (χ3n) is 3.21. The van der Waals surface area contributed by atoms with E-state index in [0.29, 0.717) is 11.1 Å². The molecule has 0 aliphatic rings. The molecule has 0 amide bonds. The lowest BCUT2D eigenvalue weighted by Gasteiger charge is -2.05. The van der Waals surface area contributed by atoms with E-state index in [1.807, 2.05) is 0 Å². The number of non-ortho nitro benzene ring substituents is 1. The Hall–Kier alpha value is -3.23. The maximum atomic E-state index is 12.5. The Balaban J connectivity index is 1.86. The number of nitro benzene ring substituents is 1. The minimum atomic E-state index is -4.42. The van der Waals surface area contributed by atoms with Gasteiger partial charge in [-0.2, -0.15) is 13.2 Å². The topological polar surface area (TPSA) is 82.1 Å². The first kappa shape index (κ1) is 15.7. The molecule has 0 atom stereocenters. The molecule has 0 N–H and O–H groups in total. The van der Waals surface area contributed by atoms with E-state index in [9.17, 15) is 23.3 Å². The zero-order chi connectivity index (χ0) is 17.3. The molecule has 3 aromatic rings. The molecule has 122 valence electrons. The standard InChI is InChI=1S/C15H8F3N3O3/c16-15(17,18)11-5-1-9(2-6-11)13-19-20-14(24-13)10-3-7-12(8-4-10)21(22)23/h1-8H. The van der Waals surface area contributed by atoms with Gasteiger partial charge < -0.3 is 4.42 Å². The van der Waals surface area contributed by atoms with E-state index in [2.05, 4.69) is 10.2 Å². The minimum absolute atomic E-state index is 0.0528. The zero-order valence-corrected chi connectivity index (χ0v) is 11.8. The normalized spacial score (nSPS) is 11.5. The van der Waals surface area contributed by atoms with Crippen molar-refractivity contribution >= 4 is 5.69 Å². The average Bonchev–Trinajstić information content (AvgIpc) is 3.04. The number of halogens is 3. The summed E-state index contributed by atoms with van der Waals surface area (Å²) in [5.41, 5.74) is -0.0579. The zero-order valence-electron chi connectivity index (χ0n) is 11.8. The molecule has 1 aromatic heterocycles. The van der Waals surface area contributed by atoms with E-state index in [0.717, 1.165) is 12.1 Å². The quantitative estimate of drug-likeness (QED) is 0.525. The summed E-state index contributed by atoms with van der Waals surface area (Å²) in [6, 6.07) is 9.78. The Kier molecular flexibility index (Phi) is 3.76. The summed E-state index contributed by atoms with van der Waals surface area (Å²) in [6.45, 7) is 0. The smallest absolute Gasteiger partial charge is 0.416 e. The van der Waals surface area contributed by atoms with Gasteiger partial charge in [-0.25, -0.2) is 0 Å². The number of alkyl halides is 3. The maximum Gasteiger partial charge on any atom is 0.416 e. The van der Waals surface area contributed by atoms with Gasteiger partial charge in [-0.3, -0.25) is 10.1 Å². The van der Waals surface area contributed by atoms with Crippen LogP contribution < -0.4 is 0 Å². The van der Waals surface area contributed by atoms with Gasteiger partial charge in [0.15, 0.2) is 0 Å². The Bertz CT molecular complexity index is 871. The summed E-state index contributed by atoms with van der Waals surface area (Å²) < 4.78 is 43.0. The Morgan fingerprint density at radius 1 is 0.875 bits per heavy atom. The van der Waals surface area contributed by atoms with Crippen LogP contribution in [0.4, 0.5) is 18.9 Å². The third kappa shape index (κ3) is 3.09. The van der Waals surface area contributed by atoms with Gasteiger partial charge in [-0.15, -0.1) is 10.2 Å². The van der Waals surface area contributed by atoms with Crippen LogP contribution in [-0.2, 0) is 6.18 Å². The van der Waals surface area contributed by atoms with E-state index in [-0.39, 0.29) is 17.5 Å². The average molecular weight is 335 g/mol. The molecule has 0 saturated heterocycles. The van der Waals surface area contributed by atoms with E-state index in [1.54, 1.807) is 0 Å². The van der Waals surface area contributed by atoms with Crippen LogP contribution in [0.25, 0.3) is 22.9 Å². The lowest BCUT2D eigenvalue weighted by Crippen LogP contribution is -2.03. The maximum absolute atomic E-state index is 12.5. The molecule has 0 radical (unpaired) electrons. The summed E-state index contributed by atoms with van der Waals surface area (Å²) in [7, 11) is 0. The number of nitro groups is 1. The van der Waals surface area contributed by atoms with Gasteiger partial charge in [0, 0.05) is 23.3 Å². The molecular weight excluding hydrogens is 327 g/mol. The van der Waals surface area contributed by atoms with Crippen LogP contribution in [0.3, 0.4) is 0 Å². The monoisotopic (exact) mass is 335 g/mol. The molecule has 0 bridgehead atoms. The molecule has 0 unspecified atom stereocenters. The third-order valence-corrected chi connectivity index (χ3v) is 3.21. The number of hydrogen-bond donors (Lipinski definition) is 0. The Morgan fingerprint density at radius 3 is 1.75 bits per heavy atom. The highest BCUT2D eigenvalue weighted by molar-refractivity contribution is 5.59. The number of benzene rings is 2. The van der Waals surface area contributed by atoms with Gasteiger partial charge in [0.1, 0.15) is 0 Å². The summed E-state index contributed by atoms with van der Waals surface area (Å²) in [5, 5.41) is 18.2. The predicted octanol–water partition coefficient (Wildman–Crippen LogP) is 4.33. The number of hydrogen-bond acceptors (Lipinski definition) is 5. The van der Waals surface area contributed by atoms with E-state index >= 15 is 0 Å².